The Morgan fingerprint density at radius 2 is 1.94 bits per heavy atom. The Labute approximate surface area is 90.6 Å². The van der Waals surface area contributed by atoms with E-state index in [4.69, 9.17) is 5.73 Å². The molecule has 17 heavy (non-hydrogen) atoms. The minimum atomic E-state index is -0.867. The van der Waals surface area contributed by atoms with Gasteiger partial charge in [0.1, 0.15) is 0 Å². The summed E-state index contributed by atoms with van der Waals surface area (Å²) in [5.74, 6) is -2.06. The van der Waals surface area contributed by atoms with Crippen LogP contribution in [0.15, 0.2) is 0 Å². The molecule has 0 aliphatic heterocycles. The van der Waals surface area contributed by atoms with Crippen molar-refractivity contribution in [3.63, 3.8) is 0 Å². The van der Waals surface area contributed by atoms with E-state index in [0.29, 0.717) is 4.68 Å². The van der Waals surface area contributed by atoms with Gasteiger partial charge in [-0.15, -0.1) is 5.10 Å². The maximum Gasteiger partial charge on any atom is 0.493 e. The Bertz CT molecular complexity index is 598. The van der Waals surface area contributed by atoms with Gasteiger partial charge in [0.25, 0.3) is 0 Å². The third-order valence-electron chi connectivity index (χ3n) is 1.61. The van der Waals surface area contributed by atoms with Crippen molar-refractivity contribution in [1.29, 1.82) is 0 Å². The van der Waals surface area contributed by atoms with Crippen molar-refractivity contribution >= 4 is 17.8 Å². The van der Waals surface area contributed by atoms with Crippen LogP contribution in [0.25, 0.3) is 5.95 Å². The first-order chi connectivity index (χ1) is 7.99. The number of nitrogens with zero attached hydrogens (tertiary/aromatic N) is 7. The predicted molar refractivity (Wildman–Crippen MR) is 49.0 cm³/mol. The Morgan fingerprint density at radius 1 is 1.24 bits per heavy atom. The molecule has 0 amide bonds. The zero-order valence-electron chi connectivity index (χ0n) is 7.84. The molecule has 0 spiro atoms. The van der Waals surface area contributed by atoms with Crippen LogP contribution in [0.5, 0.6) is 0 Å². The summed E-state index contributed by atoms with van der Waals surface area (Å²) >= 11 is 0. The summed E-state index contributed by atoms with van der Waals surface area (Å²) in [5, 5.41) is 29.5. The SMILES string of the molecule is Nc1nc([N+](=O)[O-])nn1-c1n[nH]c([N+](=O)[O-])n1. The number of hydrogen-bond acceptors (Lipinski definition) is 9. The molecule has 0 aromatic carbocycles. The zero-order chi connectivity index (χ0) is 12.6. The maximum absolute atomic E-state index is 10.4. The second-order valence-electron chi connectivity index (χ2n) is 2.66. The van der Waals surface area contributed by atoms with E-state index in [1.807, 2.05) is 5.10 Å². The number of anilines is 1. The topological polar surface area (TPSA) is 185 Å². The summed E-state index contributed by atoms with van der Waals surface area (Å²) in [5.41, 5.74) is 5.32. The molecule has 0 bridgehead atoms. The van der Waals surface area contributed by atoms with Crippen molar-refractivity contribution in [2.75, 3.05) is 5.73 Å². The minimum Gasteiger partial charge on any atom is -0.390 e. The molecule has 0 aliphatic carbocycles. The number of aromatic amines is 1. The van der Waals surface area contributed by atoms with E-state index in [0.717, 1.165) is 0 Å². The average molecular weight is 241 g/mol. The van der Waals surface area contributed by atoms with E-state index in [1.165, 1.54) is 0 Å². The highest BCUT2D eigenvalue weighted by molar-refractivity contribution is 5.30. The van der Waals surface area contributed by atoms with Gasteiger partial charge in [-0.1, -0.05) is 9.78 Å². The fourth-order valence-corrected chi connectivity index (χ4v) is 0.958. The molecule has 0 atom stereocenters. The van der Waals surface area contributed by atoms with Gasteiger partial charge in [-0.05, 0) is 19.8 Å². The van der Waals surface area contributed by atoms with Crippen LogP contribution in [-0.4, -0.2) is 39.8 Å². The molecule has 0 aliphatic rings. The second-order valence-corrected chi connectivity index (χ2v) is 2.66. The maximum atomic E-state index is 10.4. The number of nitrogens with one attached hydrogen (secondary N) is 1. The van der Waals surface area contributed by atoms with E-state index in [1.54, 1.807) is 0 Å². The van der Waals surface area contributed by atoms with E-state index >= 15 is 0 Å². The van der Waals surface area contributed by atoms with Crippen LogP contribution in [0.3, 0.4) is 0 Å². The van der Waals surface area contributed by atoms with Crippen LogP contribution in [0.2, 0.25) is 0 Å². The van der Waals surface area contributed by atoms with Crippen molar-refractivity contribution < 1.29 is 9.85 Å². The van der Waals surface area contributed by atoms with Crippen molar-refractivity contribution in [3.8, 4) is 5.95 Å². The van der Waals surface area contributed by atoms with Crippen LogP contribution in [0.4, 0.5) is 17.8 Å². The van der Waals surface area contributed by atoms with Crippen molar-refractivity contribution in [2.45, 2.75) is 0 Å². The fourth-order valence-electron chi connectivity index (χ4n) is 0.958. The first kappa shape index (κ1) is 10.4. The largest absolute Gasteiger partial charge is 0.493 e. The fraction of sp³-hybridized carbons (Fsp3) is 0. The molecule has 2 rings (SSSR count). The van der Waals surface area contributed by atoms with E-state index in [2.05, 4.69) is 20.2 Å². The number of hydrogen-bond donors (Lipinski definition) is 2. The van der Waals surface area contributed by atoms with Crippen LogP contribution >= 0.6 is 0 Å². The van der Waals surface area contributed by atoms with E-state index < -0.39 is 21.7 Å². The van der Waals surface area contributed by atoms with Crippen LogP contribution < -0.4 is 5.73 Å². The van der Waals surface area contributed by atoms with Crippen molar-refractivity contribution in [1.82, 2.24) is 29.9 Å². The highest BCUT2D eigenvalue weighted by Crippen LogP contribution is 2.12. The van der Waals surface area contributed by atoms with Gasteiger partial charge < -0.3 is 26.0 Å². The van der Waals surface area contributed by atoms with Gasteiger partial charge in [-0.3, -0.25) is 0 Å². The lowest BCUT2D eigenvalue weighted by molar-refractivity contribution is -0.394. The number of nitrogens with two attached hydrogens (primary N) is 1. The summed E-state index contributed by atoms with van der Waals surface area (Å²) in [6.45, 7) is 0. The molecule has 0 unspecified atom stereocenters. The van der Waals surface area contributed by atoms with Gasteiger partial charge in [0.15, 0.2) is 0 Å². The van der Waals surface area contributed by atoms with E-state index in [-0.39, 0.29) is 11.9 Å². The van der Waals surface area contributed by atoms with Crippen LogP contribution in [-0.2, 0) is 0 Å². The molecule has 0 fully saturated rings. The Hall–Kier alpha value is -3.12. The number of nitro groups is 2. The third kappa shape index (κ3) is 1.71. The molecule has 2 aromatic rings. The van der Waals surface area contributed by atoms with Crippen LogP contribution in [0.1, 0.15) is 0 Å². The number of nitrogen functional groups attached to an aromatic ring is 1. The van der Waals surface area contributed by atoms with Gasteiger partial charge in [0, 0.05) is 5.10 Å². The van der Waals surface area contributed by atoms with Gasteiger partial charge in [0.05, 0.1) is 0 Å². The minimum absolute atomic E-state index is 0.310. The number of H-pyrrole nitrogens is 1. The zero-order valence-corrected chi connectivity index (χ0v) is 7.84. The summed E-state index contributed by atoms with van der Waals surface area (Å²) in [4.78, 5) is 25.7. The molecule has 0 radical (unpaired) electrons. The molecule has 2 heterocycles. The third-order valence-corrected chi connectivity index (χ3v) is 1.61. The number of rotatable bonds is 3. The molecular weight excluding hydrogens is 238 g/mol. The van der Waals surface area contributed by atoms with Crippen molar-refractivity contribution in [2.24, 2.45) is 0 Å². The molecule has 0 saturated carbocycles. The average Bonchev–Trinajstić information content (AvgIpc) is 2.83. The van der Waals surface area contributed by atoms with Gasteiger partial charge >= 0.3 is 23.8 Å². The first-order valence-electron chi connectivity index (χ1n) is 3.93. The molecule has 13 heteroatoms. The highest BCUT2D eigenvalue weighted by atomic mass is 16.6. The molecule has 88 valence electrons. The lowest BCUT2D eigenvalue weighted by atomic mass is 10.9. The van der Waals surface area contributed by atoms with Crippen LogP contribution in [0, 0.1) is 20.2 Å². The quantitative estimate of drug-likeness (QED) is 0.490. The lowest BCUT2D eigenvalue weighted by Crippen LogP contribution is -2.04. The standard InChI is InChI=1S/C4H3N9O4/c5-1-6-4(13(16)17)10-11(1)2-7-3(9-8-2)12(14)15/h(H2,5,6,10)(H,7,8,9). The Balaban J connectivity index is 2.45. The molecule has 3 N–H and O–H groups in total. The van der Waals surface area contributed by atoms with Crippen molar-refractivity contribution in [3.05, 3.63) is 20.2 Å². The summed E-state index contributed by atoms with van der Waals surface area (Å²) in [7, 11) is 0. The lowest BCUT2D eigenvalue weighted by Gasteiger charge is -1.85. The predicted octanol–water partition coefficient (Wildman–Crippen LogP) is -1.22. The Morgan fingerprint density at radius 3 is 2.41 bits per heavy atom. The van der Waals surface area contributed by atoms with Gasteiger partial charge in [-0.2, -0.15) is 0 Å². The smallest absolute Gasteiger partial charge is 0.390 e. The van der Waals surface area contributed by atoms with Gasteiger partial charge in [-0.25, -0.2) is 0 Å². The number of aromatic nitrogens is 6. The summed E-state index contributed by atoms with van der Waals surface area (Å²) < 4.78 is 0.710. The van der Waals surface area contributed by atoms with E-state index in [9.17, 15) is 20.2 Å². The summed E-state index contributed by atoms with van der Waals surface area (Å²) in [6, 6.07) is 0. The first-order valence-corrected chi connectivity index (χ1v) is 3.93. The highest BCUT2D eigenvalue weighted by Gasteiger charge is 2.26. The Kier molecular flexibility index (Phi) is 2.12. The van der Waals surface area contributed by atoms with Gasteiger partial charge in [0.2, 0.25) is 0 Å². The molecule has 2 aromatic heterocycles. The molecule has 0 saturated heterocycles. The normalized spacial score (nSPS) is 10.4. The monoisotopic (exact) mass is 241 g/mol. The second kappa shape index (κ2) is 3.47. The molecular formula is C4H3N9O4. The summed E-state index contributed by atoms with van der Waals surface area (Å²) in [6.07, 6.45) is 0. The molecule has 13 nitrogen and oxygen atoms in total.